The Balaban J connectivity index is 1.57. The van der Waals surface area contributed by atoms with E-state index in [0.29, 0.717) is 35.1 Å². The van der Waals surface area contributed by atoms with Gasteiger partial charge in [0.25, 0.3) is 0 Å². The Morgan fingerprint density at radius 3 is 2.97 bits per heavy atom. The van der Waals surface area contributed by atoms with E-state index in [1.165, 1.54) is 12.8 Å². The first-order chi connectivity index (χ1) is 14.9. The maximum atomic E-state index is 11.4. The van der Waals surface area contributed by atoms with Crippen LogP contribution in [0, 0.1) is 16.7 Å². The molecule has 1 aliphatic heterocycles. The molecule has 2 fully saturated rings. The van der Waals surface area contributed by atoms with Crippen LogP contribution in [0.15, 0.2) is 18.3 Å². The van der Waals surface area contributed by atoms with Crippen molar-refractivity contribution < 1.29 is 9.84 Å². The summed E-state index contributed by atoms with van der Waals surface area (Å²) in [6.07, 6.45) is 9.36. The number of piperidine rings is 1. The number of aliphatic hydroxyl groups is 1. The van der Waals surface area contributed by atoms with Gasteiger partial charge in [-0.3, -0.25) is 4.90 Å². The lowest BCUT2D eigenvalue weighted by Gasteiger charge is -2.55. The number of rotatable bonds is 7. The van der Waals surface area contributed by atoms with Crippen LogP contribution in [0.1, 0.15) is 76.7 Å². The van der Waals surface area contributed by atoms with Gasteiger partial charge < -0.3 is 14.8 Å². The second kappa shape index (κ2) is 9.02. The number of methoxy groups -OCH3 is 1. The van der Waals surface area contributed by atoms with E-state index in [4.69, 9.17) is 16.3 Å². The molecule has 168 valence electrons. The van der Waals surface area contributed by atoms with Gasteiger partial charge in [-0.15, -0.1) is 0 Å². The SMILES string of the molecule is COc1ccc2[nH]cc(C(C)CC(O)N3C(CCC#N)CC4(C)CCCC3C4)c2c1Cl. The van der Waals surface area contributed by atoms with Crippen LogP contribution >= 0.6 is 11.6 Å². The van der Waals surface area contributed by atoms with Crippen molar-refractivity contribution in [2.75, 3.05) is 7.11 Å². The number of ether oxygens (including phenoxy) is 1. The van der Waals surface area contributed by atoms with Crippen molar-refractivity contribution in [3.8, 4) is 11.8 Å². The largest absolute Gasteiger partial charge is 0.495 e. The zero-order chi connectivity index (χ0) is 22.2. The molecule has 0 amide bonds. The van der Waals surface area contributed by atoms with E-state index < -0.39 is 6.23 Å². The third-order valence-corrected chi connectivity index (χ3v) is 8.02. The van der Waals surface area contributed by atoms with Gasteiger partial charge in [0, 0.05) is 35.6 Å². The number of nitrogens with zero attached hydrogens (tertiary/aromatic N) is 2. The van der Waals surface area contributed by atoms with Crippen molar-refractivity contribution in [3.63, 3.8) is 0 Å². The molecule has 1 aromatic carbocycles. The summed E-state index contributed by atoms with van der Waals surface area (Å²) in [6.45, 7) is 4.55. The minimum atomic E-state index is -0.527. The summed E-state index contributed by atoms with van der Waals surface area (Å²) in [5, 5.41) is 22.2. The molecule has 5 nitrogen and oxygen atoms in total. The Morgan fingerprint density at radius 2 is 2.23 bits per heavy atom. The summed E-state index contributed by atoms with van der Waals surface area (Å²) < 4.78 is 5.41. The van der Waals surface area contributed by atoms with Gasteiger partial charge in [-0.05, 0) is 67.6 Å². The van der Waals surface area contributed by atoms with Crippen LogP contribution in [0.5, 0.6) is 5.75 Å². The first kappa shape index (κ1) is 22.5. The average molecular weight is 444 g/mol. The highest BCUT2D eigenvalue weighted by atomic mass is 35.5. The van der Waals surface area contributed by atoms with Gasteiger partial charge in [-0.1, -0.05) is 31.9 Å². The number of aromatic nitrogens is 1. The molecule has 6 heteroatoms. The molecular formula is C25H34ClN3O2. The number of nitrogens with one attached hydrogen (secondary N) is 1. The summed E-state index contributed by atoms with van der Waals surface area (Å²) in [6, 6.07) is 6.85. The Bertz CT molecular complexity index is 968. The van der Waals surface area contributed by atoms with Crippen molar-refractivity contribution in [1.29, 1.82) is 5.26 Å². The third-order valence-electron chi connectivity index (χ3n) is 7.64. The van der Waals surface area contributed by atoms with Crippen LogP contribution in [-0.4, -0.2) is 40.4 Å². The lowest BCUT2D eigenvalue weighted by molar-refractivity contribution is -0.123. The quantitative estimate of drug-likeness (QED) is 0.553. The van der Waals surface area contributed by atoms with Gasteiger partial charge in [-0.2, -0.15) is 5.26 Å². The number of nitriles is 1. The number of hydrogen-bond donors (Lipinski definition) is 2. The summed E-state index contributed by atoms with van der Waals surface area (Å²) in [5.74, 6) is 0.790. The highest BCUT2D eigenvalue weighted by Crippen LogP contribution is 2.49. The molecule has 1 aliphatic carbocycles. The normalized spacial score (nSPS) is 28.3. The van der Waals surface area contributed by atoms with Crippen LogP contribution in [0.3, 0.4) is 0 Å². The Kier molecular flexibility index (Phi) is 6.53. The van der Waals surface area contributed by atoms with Gasteiger partial charge in [0.1, 0.15) is 12.0 Å². The van der Waals surface area contributed by atoms with Gasteiger partial charge in [0.05, 0.1) is 18.2 Å². The first-order valence-electron chi connectivity index (χ1n) is 11.5. The van der Waals surface area contributed by atoms with Gasteiger partial charge >= 0.3 is 0 Å². The molecule has 5 atom stereocenters. The van der Waals surface area contributed by atoms with E-state index in [1.54, 1.807) is 7.11 Å². The van der Waals surface area contributed by atoms with Crippen molar-refractivity contribution in [2.24, 2.45) is 5.41 Å². The Morgan fingerprint density at radius 1 is 1.42 bits per heavy atom. The molecule has 2 bridgehead atoms. The second-order valence-electron chi connectivity index (χ2n) is 9.93. The van der Waals surface area contributed by atoms with Gasteiger partial charge in [0.15, 0.2) is 0 Å². The minimum absolute atomic E-state index is 0.127. The summed E-state index contributed by atoms with van der Waals surface area (Å²) in [4.78, 5) is 5.67. The summed E-state index contributed by atoms with van der Waals surface area (Å²) >= 11 is 6.63. The molecule has 1 saturated carbocycles. The Hall–Kier alpha value is -1.74. The highest BCUT2D eigenvalue weighted by molar-refractivity contribution is 6.37. The molecule has 5 unspecified atom stereocenters. The van der Waals surface area contributed by atoms with Crippen LogP contribution in [0.25, 0.3) is 10.9 Å². The van der Waals surface area contributed by atoms with Gasteiger partial charge in [0.2, 0.25) is 0 Å². The Labute approximate surface area is 190 Å². The smallest absolute Gasteiger partial charge is 0.138 e. The fourth-order valence-electron chi connectivity index (χ4n) is 6.22. The molecule has 2 heterocycles. The molecule has 2 N–H and O–H groups in total. The lowest BCUT2D eigenvalue weighted by Crippen LogP contribution is -2.58. The number of aliphatic hydroxyl groups excluding tert-OH is 1. The van der Waals surface area contributed by atoms with E-state index in [9.17, 15) is 10.4 Å². The average Bonchev–Trinajstić information content (AvgIpc) is 3.17. The van der Waals surface area contributed by atoms with Gasteiger partial charge in [-0.25, -0.2) is 0 Å². The predicted octanol–water partition coefficient (Wildman–Crippen LogP) is 5.97. The zero-order valence-electron chi connectivity index (χ0n) is 18.8. The number of halogens is 1. The molecule has 2 aliphatic rings. The zero-order valence-corrected chi connectivity index (χ0v) is 19.6. The summed E-state index contributed by atoms with van der Waals surface area (Å²) in [7, 11) is 1.63. The third kappa shape index (κ3) is 4.31. The maximum absolute atomic E-state index is 11.4. The highest BCUT2D eigenvalue weighted by Gasteiger charge is 2.46. The van der Waals surface area contributed by atoms with Crippen LogP contribution in [0.4, 0.5) is 0 Å². The molecule has 1 aromatic heterocycles. The van der Waals surface area contributed by atoms with E-state index in [-0.39, 0.29) is 12.0 Å². The second-order valence-corrected chi connectivity index (χ2v) is 10.3. The van der Waals surface area contributed by atoms with Crippen molar-refractivity contribution in [3.05, 3.63) is 28.9 Å². The van der Waals surface area contributed by atoms with E-state index in [0.717, 1.165) is 42.1 Å². The van der Waals surface area contributed by atoms with E-state index in [2.05, 4.69) is 29.8 Å². The topological polar surface area (TPSA) is 72.3 Å². The van der Waals surface area contributed by atoms with Crippen LogP contribution in [-0.2, 0) is 0 Å². The molecular weight excluding hydrogens is 410 g/mol. The monoisotopic (exact) mass is 443 g/mol. The standard InChI is InChI=1S/C25H34ClN3O2/c1-16(19-15-28-20-8-9-21(31-3)24(26)23(19)20)12-22(30)29-17-6-4-10-25(2,13-17)14-18(29)7-5-11-27/h8-9,15-18,22,28,30H,4-7,10,12-14H2,1-3H3. The predicted molar refractivity (Wildman–Crippen MR) is 124 cm³/mol. The fraction of sp³-hybridized carbons (Fsp3) is 0.640. The number of H-pyrrole nitrogens is 1. The van der Waals surface area contributed by atoms with Crippen LogP contribution in [0.2, 0.25) is 5.02 Å². The lowest BCUT2D eigenvalue weighted by atomic mass is 9.65. The number of fused-ring (bicyclic) bond motifs is 3. The van der Waals surface area contributed by atoms with Crippen molar-refractivity contribution in [2.45, 2.75) is 89.4 Å². The number of likely N-dealkylation sites (tertiary alicyclic amines) is 1. The molecule has 0 spiro atoms. The molecule has 0 radical (unpaired) electrons. The number of hydrogen-bond acceptors (Lipinski definition) is 4. The maximum Gasteiger partial charge on any atom is 0.138 e. The van der Waals surface area contributed by atoms with Crippen molar-refractivity contribution in [1.82, 2.24) is 9.88 Å². The fourth-order valence-corrected chi connectivity index (χ4v) is 6.57. The molecule has 2 aromatic rings. The van der Waals surface area contributed by atoms with E-state index in [1.807, 2.05) is 18.3 Å². The van der Waals surface area contributed by atoms with Crippen LogP contribution < -0.4 is 4.74 Å². The number of benzene rings is 1. The number of aromatic amines is 1. The summed E-state index contributed by atoms with van der Waals surface area (Å²) in [5.41, 5.74) is 2.44. The molecule has 31 heavy (non-hydrogen) atoms. The molecule has 4 rings (SSSR count). The first-order valence-corrected chi connectivity index (χ1v) is 11.9. The molecule has 1 saturated heterocycles. The van der Waals surface area contributed by atoms with Crippen molar-refractivity contribution >= 4 is 22.5 Å². The van der Waals surface area contributed by atoms with E-state index >= 15 is 0 Å². The minimum Gasteiger partial charge on any atom is -0.495 e.